The van der Waals surface area contributed by atoms with Crippen LogP contribution < -0.4 is 10.2 Å². The van der Waals surface area contributed by atoms with Gasteiger partial charge in [-0.1, -0.05) is 26.0 Å². The molecule has 1 atom stereocenters. The van der Waals surface area contributed by atoms with Gasteiger partial charge in [0.15, 0.2) is 0 Å². The molecule has 0 spiro atoms. The lowest BCUT2D eigenvalue weighted by molar-refractivity contribution is -0.134. The summed E-state index contributed by atoms with van der Waals surface area (Å²) in [5.41, 5.74) is 2.72. The maximum absolute atomic E-state index is 13.1. The Bertz CT molecular complexity index is 859. The Morgan fingerprint density at radius 1 is 1.00 bits per heavy atom. The number of carbonyl (C=O) groups is 2. The number of aryl methyl sites for hydroxylation is 1. The van der Waals surface area contributed by atoms with Gasteiger partial charge < -0.3 is 15.1 Å². The molecule has 0 bridgehead atoms. The van der Waals surface area contributed by atoms with Crippen LogP contribution in [0.25, 0.3) is 0 Å². The molecule has 2 aromatic rings. The fourth-order valence-electron chi connectivity index (χ4n) is 3.55. The van der Waals surface area contributed by atoms with E-state index in [2.05, 4.69) is 35.3 Å². The lowest BCUT2D eigenvalue weighted by Gasteiger charge is -2.38. The highest BCUT2D eigenvalue weighted by molar-refractivity contribution is 5.97. The average Bonchev–Trinajstić information content (AvgIpc) is 2.72. The second kappa shape index (κ2) is 9.07. The van der Waals surface area contributed by atoms with Crippen molar-refractivity contribution >= 4 is 17.5 Å². The first kappa shape index (κ1) is 20.8. The average molecular weight is 397 g/mol. The molecule has 5 nitrogen and oxygen atoms in total. The highest BCUT2D eigenvalue weighted by atomic mass is 19.1. The van der Waals surface area contributed by atoms with Crippen LogP contribution in [0.3, 0.4) is 0 Å². The number of hydrogen-bond acceptors (Lipinski definition) is 3. The molecule has 2 amide bonds. The fourth-order valence-corrected chi connectivity index (χ4v) is 3.55. The Labute approximate surface area is 171 Å². The van der Waals surface area contributed by atoms with Crippen molar-refractivity contribution < 1.29 is 14.0 Å². The number of amides is 2. The van der Waals surface area contributed by atoms with E-state index in [-0.39, 0.29) is 17.7 Å². The predicted molar refractivity (Wildman–Crippen MR) is 112 cm³/mol. The van der Waals surface area contributed by atoms with Crippen molar-refractivity contribution in [3.8, 4) is 0 Å². The minimum absolute atomic E-state index is 0.0540. The molecule has 0 radical (unpaired) electrons. The van der Waals surface area contributed by atoms with Crippen LogP contribution in [0.2, 0.25) is 0 Å². The Balaban J connectivity index is 1.62. The highest BCUT2D eigenvalue weighted by Gasteiger charge is 2.31. The van der Waals surface area contributed by atoms with Crippen molar-refractivity contribution in [1.82, 2.24) is 10.2 Å². The normalized spacial score (nSPS) is 15.3. The van der Waals surface area contributed by atoms with Gasteiger partial charge in [-0.15, -0.1) is 0 Å². The topological polar surface area (TPSA) is 52.6 Å². The molecule has 1 N–H and O–H groups in total. The Kier molecular flexibility index (Phi) is 6.52. The van der Waals surface area contributed by atoms with E-state index in [1.54, 1.807) is 0 Å². The molecule has 0 saturated carbocycles. The maximum Gasteiger partial charge on any atom is 0.251 e. The third kappa shape index (κ3) is 5.13. The Morgan fingerprint density at radius 3 is 2.24 bits per heavy atom. The van der Waals surface area contributed by atoms with Crippen LogP contribution in [-0.4, -0.2) is 48.9 Å². The van der Waals surface area contributed by atoms with Crippen LogP contribution in [0.15, 0.2) is 48.5 Å². The Hall–Kier alpha value is -2.89. The zero-order valence-corrected chi connectivity index (χ0v) is 17.2. The maximum atomic E-state index is 13.1. The van der Waals surface area contributed by atoms with E-state index < -0.39 is 11.9 Å². The van der Waals surface area contributed by atoms with E-state index >= 15 is 0 Å². The van der Waals surface area contributed by atoms with Gasteiger partial charge in [-0.25, -0.2) is 4.39 Å². The summed E-state index contributed by atoms with van der Waals surface area (Å²) in [4.78, 5) is 29.7. The van der Waals surface area contributed by atoms with Gasteiger partial charge >= 0.3 is 0 Å². The quantitative estimate of drug-likeness (QED) is 0.843. The van der Waals surface area contributed by atoms with Crippen LogP contribution in [0, 0.1) is 18.7 Å². The van der Waals surface area contributed by atoms with Gasteiger partial charge in [-0.05, 0) is 54.8 Å². The summed E-state index contributed by atoms with van der Waals surface area (Å²) in [5, 5.41) is 2.83. The van der Waals surface area contributed by atoms with Gasteiger partial charge in [0.2, 0.25) is 5.91 Å². The summed E-state index contributed by atoms with van der Waals surface area (Å²) in [7, 11) is 0. The summed E-state index contributed by atoms with van der Waals surface area (Å²) < 4.78 is 13.1. The van der Waals surface area contributed by atoms with Crippen molar-refractivity contribution in [3.05, 3.63) is 65.5 Å². The summed E-state index contributed by atoms with van der Waals surface area (Å²) in [5.74, 6) is -0.888. The van der Waals surface area contributed by atoms with Gasteiger partial charge in [-0.2, -0.15) is 0 Å². The second-order valence-electron chi connectivity index (χ2n) is 7.85. The first-order valence-corrected chi connectivity index (χ1v) is 10.0. The zero-order valence-electron chi connectivity index (χ0n) is 17.2. The van der Waals surface area contributed by atoms with E-state index in [1.807, 2.05) is 24.8 Å². The van der Waals surface area contributed by atoms with Crippen molar-refractivity contribution in [1.29, 1.82) is 0 Å². The van der Waals surface area contributed by atoms with Crippen molar-refractivity contribution in [2.45, 2.75) is 26.8 Å². The van der Waals surface area contributed by atoms with Gasteiger partial charge in [0, 0.05) is 37.4 Å². The molecule has 1 heterocycles. The first-order chi connectivity index (χ1) is 13.8. The molecule has 0 aromatic heterocycles. The number of carbonyl (C=O) groups excluding carboxylic acids is 2. The predicted octanol–water partition coefficient (Wildman–Crippen LogP) is 3.24. The molecule has 1 fully saturated rings. The molecular formula is C23H28FN3O2. The number of nitrogens with one attached hydrogen (secondary N) is 1. The van der Waals surface area contributed by atoms with E-state index in [0.717, 1.165) is 13.1 Å². The number of piperazine rings is 1. The standard InChI is InChI=1S/C23H28FN3O2/c1-16(2)21(25-22(28)18-7-9-19(24)10-8-18)23(29)27-13-11-26(12-14-27)20-6-4-5-17(3)15-20/h4-10,15-16,21H,11-14H2,1-3H3,(H,25,28). The number of benzene rings is 2. The lowest BCUT2D eigenvalue weighted by Crippen LogP contribution is -2.56. The summed E-state index contributed by atoms with van der Waals surface area (Å²) >= 11 is 0. The number of anilines is 1. The van der Waals surface area contributed by atoms with Gasteiger partial charge in [-0.3, -0.25) is 9.59 Å². The van der Waals surface area contributed by atoms with Crippen molar-refractivity contribution in [2.75, 3.05) is 31.1 Å². The van der Waals surface area contributed by atoms with Crippen LogP contribution >= 0.6 is 0 Å². The first-order valence-electron chi connectivity index (χ1n) is 10.0. The van der Waals surface area contributed by atoms with Crippen LogP contribution in [0.5, 0.6) is 0 Å². The van der Waals surface area contributed by atoms with Crippen molar-refractivity contribution in [2.24, 2.45) is 5.92 Å². The molecule has 29 heavy (non-hydrogen) atoms. The SMILES string of the molecule is Cc1cccc(N2CCN(C(=O)C(NC(=O)c3ccc(F)cc3)C(C)C)CC2)c1. The third-order valence-corrected chi connectivity index (χ3v) is 5.28. The van der Waals surface area contributed by atoms with Crippen LogP contribution in [0.1, 0.15) is 29.8 Å². The van der Waals surface area contributed by atoms with Crippen LogP contribution in [0.4, 0.5) is 10.1 Å². The molecule has 0 aliphatic carbocycles. The molecule has 1 unspecified atom stereocenters. The fraction of sp³-hybridized carbons (Fsp3) is 0.391. The van der Waals surface area contributed by atoms with Gasteiger partial charge in [0.05, 0.1) is 0 Å². The van der Waals surface area contributed by atoms with E-state index in [0.29, 0.717) is 18.7 Å². The largest absolute Gasteiger partial charge is 0.368 e. The summed E-state index contributed by atoms with van der Waals surface area (Å²) in [6.45, 7) is 8.63. The summed E-state index contributed by atoms with van der Waals surface area (Å²) in [6.07, 6.45) is 0. The number of hydrogen-bond donors (Lipinski definition) is 1. The zero-order chi connectivity index (χ0) is 21.0. The highest BCUT2D eigenvalue weighted by Crippen LogP contribution is 2.19. The Morgan fingerprint density at radius 2 is 1.66 bits per heavy atom. The van der Waals surface area contributed by atoms with E-state index in [9.17, 15) is 14.0 Å². The molecule has 2 aromatic carbocycles. The van der Waals surface area contributed by atoms with E-state index in [4.69, 9.17) is 0 Å². The smallest absolute Gasteiger partial charge is 0.251 e. The van der Waals surface area contributed by atoms with E-state index in [1.165, 1.54) is 35.5 Å². The molecule has 1 aliphatic rings. The van der Waals surface area contributed by atoms with Gasteiger partial charge in [0.25, 0.3) is 5.91 Å². The second-order valence-corrected chi connectivity index (χ2v) is 7.85. The number of rotatable bonds is 5. The van der Waals surface area contributed by atoms with Crippen LogP contribution in [-0.2, 0) is 4.79 Å². The molecule has 6 heteroatoms. The minimum Gasteiger partial charge on any atom is -0.368 e. The van der Waals surface area contributed by atoms with Gasteiger partial charge in [0.1, 0.15) is 11.9 Å². The third-order valence-electron chi connectivity index (χ3n) is 5.28. The lowest BCUT2D eigenvalue weighted by atomic mass is 10.0. The summed E-state index contributed by atoms with van der Waals surface area (Å²) in [6, 6.07) is 13.1. The number of halogens is 1. The monoisotopic (exact) mass is 397 g/mol. The molecule has 3 rings (SSSR count). The number of nitrogens with zero attached hydrogens (tertiary/aromatic N) is 2. The molecule has 1 aliphatic heterocycles. The molecule has 1 saturated heterocycles. The molecular weight excluding hydrogens is 369 g/mol. The van der Waals surface area contributed by atoms with Crippen molar-refractivity contribution in [3.63, 3.8) is 0 Å². The minimum atomic E-state index is -0.613. The molecule has 154 valence electrons.